The number of aliphatic hydroxyl groups is 1. The second kappa shape index (κ2) is 6.91. The SMILES string of the molecule is OCC(NC1CCCc2ccc(F)cc21)c1cc(F)c(F)c(F)c1. The second-order valence-corrected chi connectivity index (χ2v) is 5.99. The van der Waals surface area contributed by atoms with Crippen molar-refractivity contribution < 1.29 is 22.7 Å². The smallest absolute Gasteiger partial charge is 0.194 e. The molecule has 3 rings (SSSR count). The molecule has 6 heteroatoms. The third-order valence-corrected chi connectivity index (χ3v) is 4.42. The molecule has 2 aromatic rings. The molecule has 24 heavy (non-hydrogen) atoms. The van der Waals surface area contributed by atoms with Crippen molar-refractivity contribution in [2.24, 2.45) is 0 Å². The molecule has 2 N–H and O–H groups in total. The zero-order valence-corrected chi connectivity index (χ0v) is 12.8. The van der Waals surface area contributed by atoms with Gasteiger partial charge in [0.15, 0.2) is 17.5 Å². The Labute approximate surface area is 137 Å². The van der Waals surface area contributed by atoms with Crippen LogP contribution in [0.3, 0.4) is 0 Å². The molecule has 0 aromatic heterocycles. The predicted octanol–water partition coefficient (Wildman–Crippen LogP) is 3.94. The average Bonchev–Trinajstić information content (AvgIpc) is 2.57. The zero-order valence-electron chi connectivity index (χ0n) is 12.8. The van der Waals surface area contributed by atoms with Gasteiger partial charge in [0, 0.05) is 6.04 Å². The van der Waals surface area contributed by atoms with E-state index >= 15 is 0 Å². The summed E-state index contributed by atoms with van der Waals surface area (Å²) < 4.78 is 53.5. The zero-order chi connectivity index (χ0) is 17.3. The van der Waals surface area contributed by atoms with Gasteiger partial charge >= 0.3 is 0 Å². The summed E-state index contributed by atoms with van der Waals surface area (Å²) in [5, 5.41) is 12.7. The van der Waals surface area contributed by atoms with Crippen LogP contribution in [-0.4, -0.2) is 11.7 Å². The summed E-state index contributed by atoms with van der Waals surface area (Å²) in [6.07, 6.45) is 2.41. The van der Waals surface area contributed by atoms with Crippen molar-refractivity contribution in [3.05, 3.63) is 70.3 Å². The molecule has 0 heterocycles. The van der Waals surface area contributed by atoms with E-state index in [1.807, 2.05) is 0 Å². The molecule has 2 nitrogen and oxygen atoms in total. The Bertz CT molecular complexity index is 727. The van der Waals surface area contributed by atoms with Gasteiger partial charge in [-0.3, -0.25) is 0 Å². The van der Waals surface area contributed by atoms with E-state index in [4.69, 9.17) is 0 Å². The van der Waals surface area contributed by atoms with Crippen molar-refractivity contribution in [1.29, 1.82) is 0 Å². The van der Waals surface area contributed by atoms with Crippen molar-refractivity contribution in [3.63, 3.8) is 0 Å². The van der Waals surface area contributed by atoms with Crippen LogP contribution in [0.5, 0.6) is 0 Å². The van der Waals surface area contributed by atoms with E-state index in [9.17, 15) is 22.7 Å². The first-order valence-corrected chi connectivity index (χ1v) is 7.79. The molecule has 2 atom stereocenters. The second-order valence-electron chi connectivity index (χ2n) is 5.99. The lowest BCUT2D eigenvalue weighted by Gasteiger charge is -2.30. The van der Waals surface area contributed by atoms with Gasteiger partial charge in [-0.15, -0.1) is 0 Å². The normalized spacial score (nSPS) is 18.3. The van der Waals surface area contributed by atoms with Crippen LogP contribution in [0, 0.1) is 23.3 Å². The molecule has 0 aliphatic heterocycles. The lowest BCUT2D eigenvalue weighted by molar-refractivity contribution is 0.227. The molecule has 0 amide bonds. The Balaban J connectivity index is 1.88. The van der Waals surface area contributed by atoms with E-state index in [0.29, 0.717) is 6.42 Å². The summed E-state index contributed by atoms with van der Waals surface area (Å²) in [4.78, 5) is 0. The van der Waals surface area contributed by atoms with E-state index in [-0.39, 0.29) is 17.4 Å². The van der Waals surface area contributed by atoms with Gasteiger partial charge in [-0.1, -0.05) is 6.07 Å². The molecule has 0 bridgehead atoms. The molecule has 2 aromatic carbocycles. The Kier molecular flexibility index (Phi) is 4.87. The highest BCUT2D eigenvalue weighted by Gasteiger charge is 2.25. The van der Waals surface area contributed by atoms with Crippen molar-refractivity contribution in [2.45, 2.75) is 31.3 Å². The van der Waals surface area contributed by atoms with Crippen LogP contribution in [0.4, 0.5) is 17.6 Å². The van der Waals surface area contributed by atoms with Gasteiger partial charge in [0.05, 0.1) is 12.6 Å². The van der Waals surface area contributed by atoms with Crippen molar-refractivity contribution in [1.82, 2.24) is 5.32 Å². The molecule has 0 saturated carbocycles. The summed E-state index contributed by atoms with van der Waals surface area (Å²) in [6, 6.07) is 5.25. The molecule has 0 spiro atoms. The monoisotopic (exact) mass is 339 g/mol. The molecule has 0 saturated heterocycles. The highest BCUT2D eigenvalue weighted by Crippen LogP contribution is 2.32. The maximum Gasteiger partial charge on any atom is 0.194 e. The summed E-state index contributed by atoms with van der Waals surface area (Å²) in [5.74, 6) is -4.51. The summed E-state index contributed by atoms with van der Waals surface area (Å²) >= 11 is 0. The van der Waals surface area contributed by atoms with Crippen LogP contribution in [0.25, 0.3) is 0 Å². The number of hydrogen-bond donors (Lipinski definition) is 2. The lowest BCUT2D eigenvalue weighted by atomic mass is 9.87. The third kappa shape index (κ3) is 3.30. The minimum absolute atomic E-state index is 0.109. The Morgan fingerprint density at radius 3 is 2.46 bits per heavy atom. The first-order valence-electron chi connectivity index (χ1n) is 7.79. The number of halogens is 4. The van der Waals surface area contributed by atoms with Crippen LogP contribution in [0.2, 0.25) is 0 Å². The minimum Gasteiger partial charge on any atom is -0.394 e. The number of aliphatic hydroxyl groups excluding tert-OH is 1. The van der Waals surface area contributed by atoms with E-state index in [0.717, 1.165) is 36.1 Å². The van der Waals surface area contributed by atoms with Crippen LogP contribution >= 0.6 is 0 Å². The predicted molar refractivity (Wildman–Crippen MR) is 81.4 cm³/mol. The first kappa shape index (κ1) is 16.9. The van der Waals surface area contributed by atoms with E-state index in [2.05, 4.69) is 5.32 Å². The third-order valence-electron chi connectivity index (χ3n) is 4.42. The van der Waals surface area contributed by atoms with Crippen LogP contribution in [0.15, 0.2) is 30.3 Å². The number of aryl methyl sites for hydroxylation is 1. The number of benzene rings is 2. The molecular formula is C18H17F4NO. The fraction of sp³-hybridized carbons (Fsp3) is 0.333. The Morgan fingerprint density at radius 1 is 1.08 bits per heavy atom. The number of hydrogen-bond acceptors (Lipinski definition) is 2. The molecule has 1 aliphatic rings. The number of rotatable bonds is 4. The Morgan fingerprint density at radius 2 is 1.79 bits per heavy atom. The molecule has 0 radical (unpaired) electrons. The largest absolute Gasteiger partial charge is 0.394 e. The first-order chi connectivity index (χ1) is 11.5. The highest BCUT2D eigenvalue weighted by molar-refractivity contribution is 5.33. The molecule has 0 fully saturated rings. The molecular weight excluding hydrogens is 322 g/mol. The lowest BCUT2D eigenvalue weighted by Crippen LogP contribution is -2.31. The van der Waals surface area contributed by atoms with Gasteiger partial charge in [0.2, 0.25) is 0 Å². The summed E-state index contributed by atoms with van der Waals surface area (Å²) in [5.41, 5.74) is 1.90. The average molecular weight is 339 g/mol. The molecule has 128 valence electrons. The minimum atomic E-state index is -1.54. The van der Waals surface area contributed by atoms with Gasteiger partial charge in [-0.05, 0) is 60.2 Å². The highest BCUT2D eigenvalue weighted by atomic mass is 19.2. The number of fused-ring (bicyclic) bond motifs is 1. The van der Waals surface area contributed by atoms with Crippen LogP contribution < -0.4 is 5.32 Å². The summed E-state index contributed by atoms with van der Waals surface area (Å²) in [7, 11) is 0. The van der Waals surface area contributed by atoms with Crippen molar-refractivity contribution in [2.75, 3.05) is 6.61 Å². The van der Waals surface area contributed by atoms with E-state index in [1.54, 1.807) is 6.07 Å². The van der Waals surface area contributed by atoms with E-state index in [1.165, 1.54) is 12.1 Å². The van der Waals surface area contributed by atoms with Gasteiger partial charge in [0.1, 0.15) is 5.82 Å². The van der Waals surface area contributed by atoms with Crippen molar-refractivity contribution >= 4 is 0 Å². The standard InChI is InChI=1S/C18H17F4NO/c19-12-5-4-10-2-1-3-16(13(10)8-12)23-17(9-24)11-6-14(20)18(22)15(21)7-11/h4-8,16-17,23-24H,1-3,9H2. The maximum absolute atomic E-state index is 13.5. The fourth-order valence-electron chi connectivity index (χ4n) is 3.22. The van der Waals surface area contributed by atoms with Crippen LogP contribution in [0.1, 0.15) is 41.6 Å². The quantitative estimate of drug-likeness (QED) is 0.653. The van der Waals surface area contributed by atoms with Gasteiger partial charge in [-0.25, -0.2) is 17.6 Å². The topological polar surface area (TPSA) is 32.3 Å². The van der Waals surface area contributed by atoms with E-state index < -0.39 is 30.1 Å². The van der Waals surface area contributed by atoms with Gasteiger partial charge in [0.25, 0.3) is 0 Å². The summed E-state index contributed by atoms with van der Waals surface area (Å²) in [6.45, 7) is -0.425. The van der Waals surface area contributed by atoms with Crippen LogP contribution in [-0.2, 0) is 6.42 Å². The molecule has 1 aliphatic carbocycles. The fourth-order valence-corrected chi connectivity index (χ4v) is 3.22. The van der Waals surface area contributed by atoms with Gasteiger partial charge < -0.3 is 10.4 Å². The Hall–Kier alpha value is -1.92. The maximum atomic E-state index is 13.5. The molecule has 2 unspecified atom stereocenters. The number of nitrogens with one attached hydrogen (secondary N) is 1. The van der Waals surface area contributed by atoms with Crippen molar-refractivity contribution in [3.8, 4) is 0 Å². The van der Waals surface area contributed by atoms with Gasteiger partial charge in [-0.2, -0.15) is 0 Å².